The number of nitrogens with zero attached hydrogens (tertiary/aromatic N) is 2. The molecule has 2 amide bonds. The van der Waals surface area contributed by atoms with E-state index in [1.54, 1.807) is 23.1 Å². The molecular weight excluding hydrogens is 374 g/mol. The van der Waals surface area contributed by atoms with Crippen molar-refractivity contribution in [2.24, 2.45) is 0 Å². The van der Waals surface area contributed by atoms with Crippen LogP contribution in [0.1, 0.15) is 32.0 Å². The van der Waals surface area contributed by atoms with Crippen molar-refractivity contribution in [1.82, 2.24) is 4.90 Å². The number of furan rings is 1. The molecule has 0 bridgehead atoms. The van der Waals surface area contributed by atoms with Gasteiger partial charge in [0, 0.05) is 36.5 Å². The van der Waals surface area contributed by atoms with E-state index in [0.29, 0.717) is 31.0 Å². The van der Waals surface area contributed by atoms with Crippen LogP contribution in [0.2, 0.25) is 0 Å². The van der Waals surface area contributed by atoms with Gasteiger partial charge in [-0.05, 0) is 47.9 Å². The SMILES string of the molecule is O=C(Nc1ccc2c(c1)CN(C(=O)c1ccco1)CC2)c1cccc([N+](=O)[O-])c1. The van der Waals surface area contributed by atoms with E-state index >= 15 is 0 Å². The maximum absolute atomic E-state index is 12.5. The maximum Gasteiger partial charge on any atom is 0.289 e. The van der Waals surface area contributed by atoms with Crippen molar-refractivity contribution in [2.45, 2.75) is 13.0 Å². The second-order valence-electron chi connectivity index (χ2n) is 6.70. The number of anilines is 1. The van der Waals surface area contributed by atoms with Gasteiger partial charge in [-0.25, -0.2) is 0 Å². The Labute approximate surface area is 165 Å². The topological polar surface area (TPSA) is 106 Å². The number of carbonyl (C=O) groups excluding carboxylic acids is 2. The Hall–Kier alpha value is -3.94. The van der Waals surface area contributed by atoms with Gasteiger partial charge in [0.25, 0.3) is 17.5 Å². The van der Waals surface area contributed by atoms with Gasteiger partial charge in [0.15, 0.2) is 5.76 Å². The van der Waals surface area contributed by atoms with Crippen LogP contribution in [0.15, 0.2) is 65.3 Å². The van der Waals surface area contributed by atoms with Crippen molar-refractivity contribution < 1.29 is 18.9 Å². The standard InChI is InChI=1S/C21H17N3O5/c25-20(15-3-1-4-18(12-15)24(27)28)22-17-7-6-14-8-9-23(13-16(14)11-17)21(26)19-5-2-10-29-19/h1-7,10-12H,8-9,13H2,(H,22,25). The van der Waals surface area contributed by atoms with Crippen LogP contribution in [0.5, 0.6) is 0 Å². The second kappa shape index (κ2) is 7.59. The highest BCUT2D eigenvalue weighted by Gasteiger charge is 2.23. The lowest BCUT2D eigenvalue weighted by Crippen LogP contribution is -2.35. The monoisotopic (exact) mass is 391 g/mol. The third-order valence-corrected chi connectivity index (χ3v) is 4.81. The number of nitro groups is 1. The minimum absolute atomic E-state index is 0.143. The van der Waals surface area contributed by atoms with Crippen molar-refractivity contribution in [1.29, 1.82) is 0 Å². The summed E-state index contributed by atoms with van der Waals surface area (Å²) in [6, 6.07) is 14.4. The Morgan fingerprint density at radius 3 is 2.69 bits per heavy atom. The Morgan fingerprint density at radius 2 is 1.93 bits per heavy atom. The number of carbonyl (C=O) groups is 2. The minimum atomic E-state index is -0.541. The number of amides is 2. The first-order chi connectivity index (χ1) is 14.0. The normalized spacial score (nSPS) is 12.9. The fourth-order valence-electron chi connectivity index (χ4n) is 3.33. The zero-order valence-electron chi connectivity index (χ0n) is 15.3. The number of non-ortho nitro benzene ring substituents is 1. The first kappa shape index (κ1) is 18.4. The summed E-state index contributed by atoms with van der Waals surface area (Å²) in [4.78, 5) is 37.0. The first-order valence-corrected chi connectivity index (χ1v) is 9.01. The van der Waals surface area contributed by atoms with Crippen molar-refractivity contribution in [3.05, 3.63) is 93.4 Å². The van der Waals surface area contributed by atoms with E-state index in [1.165, 1.54) is 30.5 Å². The Morgan fingerprint density at radius 1 is 1.07 bits per heavy atom. The molecule has 0 radical (unpaired) electrons. The molecular formula is C21H17N3O5. The molecule has 8 nitrogen and oxygen atoms in total. The van der Waals surface area contributed by atoms with E-state index in [9.17, 15) is 19.7 Å². The predicted octanol–water partition coefficient (Wildman–Crippen LogP) is 3.64. The summed E-state index contributed by atoms with van der Waals surface area (Å²) in [6.45, 7) is 1.00. The highest BCUT2D eigenvalue weighted by molar-refractivity contribution is 6.04. The average Bonchev–Trinajstić information content (AvgIpc) is 3.27. The molecule has 1 aromatic heterocycles. The predicted molar refractivity (Wildman–Crippen MR) is 105 cm³/mol. The molecule has 0 aliphatic carbocycles. The molecule has 0 unspecified atom stereocenters. The molecule has 146 valence electrons. The minimum Gasteiger partial charge on any atom is -0.459 e. The van der Waals surface area contributed by atoms with E-state index < -0.39 is 10.8 Å². The van der Waals surface area contributed by atoms with Crippen molar-refractivity contribution in [2.75, 3.05) is 11.9 Å². The molecule has 8 heteroatoms. The summed E-state index contributed by atoms with van der Waals surface area (Å²) in [5, 5.41) is 13.7. The first-order valence-electron chi connectivity index (χ1n) is 9.01. The van der Waals surface area contributed by atoms with Gasteiger partial charge < -0.3 is 14.6 Å². The number of hydrogen-bond acceptors (Lipinski definition) is 5. The van der Waals surface area contributed by atoms with Gasteiger partial charge in [0.2, 0.25) is 0 Å². The Kier molecular flexibility index (Phi) is 4.82. The smallest absolute Gasteiger partial charge is 0.289 e. The van der Waals surface area contributed by atoms with E-state index in [4.69, 9.17) is 4.42 Å². The summed E-state index contributed by atoms with van der Waals surface area (Å²) in [5.41, 5.74) is 2.67. The fourth-order valence-corrected chi connectivity index (χ4v) is 3.33. The molecule has 1 N–H and O–H groups in total. The molecule has 2 aromatic carbocycles. The van der Waals surface area contributed by atoms with Crippen LogP contribution < -0.4 is 5.32 Å². The van der Waals surface area contributed by atoms with E-state index in [2.05, 4.69) is 5.32 Å². The van der Waals surface area contributed by atoms with Crippen LogP contribution in [0.4, 0.5) is 11.4 Å². The summed E-state index contributed by atoms with van der Waals surface area (Å²) in [7, 11) is 0. The zero-order chi connectivity index (χ0) is 20.4. The number of fused-ring (bicyclic) bond motifs is 1. The quantitative estimate of drug-likeness (QED) is 0.540. The van der Waals surface area contributed by atoms with Crippen LogP contribution in [-0.4, -0.2) is 28.2 Å². The molecule has 0 saturated heterocycles. The fraction of sp³-hybridized carbons (Fsp3) is 0.143. The highest BCUT2D eigenvalue weighted by atomic mass is 16.6. The molecule has 29 heavy (non-hydrogen) atoms. The number of nitro benzene ring substituents is 1. The van der Waals surface area contributed by atoms with E-state index in [0.717, 1.165) is 11.1 Å². The molecule has 0 spiro atoms. The molecule has 0 atom stereocenters. The Balaban J connectivity index is 1.50. The van der Waals surface area contributed by atoms with Crippen molar-refractivity contribution in [3.63, 3.8) is 0 Å². The zero-order valence-corrected chi connectivity index (χ0v) is 15.3. The maximum atomic E-state index is 12.5. The van der Waals surface area contributed by atoms with Gasteiger partial charge in [-0.2, -0.15) is 0 Å². The number of nitrogens with one attached hydrogen (secondary N) is 1. The van der Waals surface area contributed by atoms with Gasteiger partial charge in [-0.1, -0.05) is 12.1 Å². The third-order valence-electron chi connectivity index (χ3n) is 4.81. The summed E-state index contributed by atoms with van der Waals surface area (Å²) in [6.07, 6.45) is 2.17. The highest BCUT2D eigenvalue weighted by Crippen LogP contribution is 2.24. The largest absolute Gasteiger partial charge is 0.459 e. The number of hydrogen-bond donors (Lipinski definition) is 1. The van der Waals surface area contributed by atoms with Gasteiger partial charge in [-0.15, -0.1) is 0 Å². The molecule has 4 rings (SSSR count). The van der Waals surface area contributed by atoms with Crippen LogP contribution in [0.25, 0.3) is 0 Å². The van der Waals surface area contributed by atoms with Crippen LogP contribution in [0, 0.1) is 10.1 Å². The molecule has 1 aliphatic heterocycles. The van der Waals surface area contributed by atoms with E-state index in [1.807, 2.05) is 12.1 Å². The Bertz CT molecular complexity index is 1090. The van der Waals surface area contributed by atoms with Crippen molar-refractivity contribution in [3.8, 4) is 0 Å². The summed E-state index contributed by atoms with van der Waals surface area (Å²) < 4.78 is 5.19. The van der Waals surface area contributed by atoms with Gasteiger partial charge >= 0.3 is 0 Å². The molecule has 1 aliphatic rings. The molecule has 3 aromatic rings. The summed E-state index contributed by atoms with van der Waals surface area (Å²) in [5.74, 6) is -0.316. The van der Waals surface area contributed by atoms with Crippen LogP contribution in [-0.2, 0) is 13.0 Å². The van der Waals surface area contributed by atoms with Crippen molar-refractivity contribution >= 4 is 23.2 Å². The molecule has 0 saturated carbocycles. The van der Waals surface area contributed by atoms with Gasteiger partial charge in [-0.3, -0.25) is 19.7 Å². The summed E-state index contributed by atoms with van der Waals surface area (Å²) >= 11 is 0. The number of benzene rings is 2. The lowest BCUT2D eigenvalue weighted by atomic mass is 9.98. The molecule has 2 heterocycles. The average molecular weight is 391 g/mol. The lowest BCUT2D eigenvalue weighted by Gasteiger charge is -2.28. The van der Waals surface area contributed by atoms with Crippen LogP contribution in [0.3, 0.4) is 0 Å². The second-order valence-corrected chi connectivity index (χ2v) is 6.70. The molecule has 0 fully saturated rings. The van der Waals surface area contributed by atoms with Gasteiger partial charge in [0.1, 0.15) is 0 Å². The third kappa shape index (κ3) is 3.86. The number of rotatable bonds is 4. The van der Waals surface area contributed by atoms with E-state index in [-0.39, 0.29) is 17.2 Å². The van der Waals surface area contributed by atoms with Crippen LogP contribution >= 0.6 is 0 Å². The van der Waals surface area contributed by atoms with Gasteiger partial charge in [0.05, 0.1) is 11.2 Å². The lowest BCUT2D eigenvalue weighted by molar-refractivity contribution is -0.384.